The predicted molar refractivity (Wildman–Crippen MR) is 161 cm³/mol. The number of amides is 2. The topological polar surface area (TPSA) is 131 Å². The minimum atomic E-state index is -0.547. The maximum atomic E-state index is 13.6. The lowest BCUT2D eigenvalue weighted by Crippen LogP contribution is -2.50. The zero-order valence-corrected chi connectivity index (χ0v) is 25.8. The number of pyridine rings is 2. The minimum Gasteiger partial charge on any atom is -0.496 e. The molecule has 12 nitrogen and oxygen atoms in total. The summed E-state index contributed by atoms with van der Waals surface area (Å²) in [6, 6.07) is 5.45. The fraction of sp³-hybridized carbons (Fsp3) is 0.533. The van der Waals surface area contributed by atoms with Crippen molar-refractivity contribution >= 4 is 28.9 Å². The molecule has 3 aromatic heterocycles. The summed E-state index contributed by atoms with van der Waals surface area (Å²) >= 11 is 0. The van der Waals surface area contributed by atoms with E-state index in [1.54, 1.807) is 25.0 Å². The first-order valence-electron chi connectivity index (χ1n) is 14.1. The second kappa shape index (κ2) is 12.4. The zero-order chi connectivity index (χ0) is 30.8. The van der Waals surface area contributed by atoms with Gasteiger partial charge in [-0.25, -0.2) is 9.78 Å². The number of hydrogen-bond donors (Lipinski definition) is 2. The molecule has 3 aromatic rings. The van der Waals surface area contributed by atoms with Crippen LogP contribution < -0.4 is 20.5 Å². The molecular weight excluding hydrogens is 540 g/mol. The maximum Gasteiger partial charge on any atom is 0.410 e. The highest BCUT2D eigenvalue weighted by atomic mass is 16.6. The fourth-order valence-electron chi connectivity index (χ4n) is 5.35. The number of carbonyl (C=O) groups is 2. The first-order chi connectivity index (χ1) is 19.8. The van der Waals surface area contributed by atoms with E-state index < -0.39 is 5.60 Å². The van der Waals surface area contributed by atoms with Gasteiger partial charge in [0.05, 0.1) is 37.4 Å². The van der Waals surface area contributed by atoms with Gasteiger partial charge in [-0.15, -0.1) is 0 Å². The van der Waals surface area contributed by atoms with Gasteiger partial charge in [0.25, 0.3) is 11.5 Å². The van der Waals surface area contributed by atoms with Crippen LogP contribution in [0.4, 0.5) is 10.6 Å². The maximum absolute atomic E-state index is 13.6. The van der Waals surface area contributed by atoms with Crippen LogP contribution in [-0.2, 0) is 16.0 Å². The summed E-state index contributed by atoms with van der Waals surface area (Å²) < 4.78 is 18.4. The molecule has 0 aromatic carbocycles. The Morgan fingerprint density at radius 3 is 2.43 bits per heavy atom. The molecule has 4 rings (SSSR count). The van der Waals surface area contributed by atoms with E-state index in [1.807, 2.05) is 51.3 Å². The van der Waals surface area contributed by atoms with Crippen molar-refractivity contribution in [3.8, 4) is 5.75 Å². The number of fused-ring (bicyclic) bond motifs is 1. The molecule has 12 heteroatoms. The molecule has 4 heterocycles. The number of anilines is 1. The van der Waals surface area contributed by atoms with Crippen molar-refractivity contribution in [2.45, 2.75) is 59.7 Å². The number of aryl methyl sites for hydroxylation is 1. The normalized spacial score (nSPS) is 14.7. The summed E-state index contributed by atoms with van der Waals surface area (Å²) in [5.74, 6) is 0.864. The molecule has 1 unspecified atom stereocenters. The molecule has 228 valence electrons. The molecule has 42 heavy (non-hydrogen) atoms. The first-order valence-corrected chi connectivity index (χ1v) is 14.1. The lowest BCUT2D eigenvalue weighted by Gasteiger charge is -2.36. The quantitative estimate of drug-likeness (QED) is 0.412. The van der Waals surface area contributed by atoms with Crippen molar-refractivity contribution in [1.29, 1.82) is 0 Å². The van der Waals surface area contributed by atoms with Gasteiger partial charge >= 0.3 is 6.09 Å². The molecule has 0 spiro atoms. The zero-order valence-electron chi connectivity index (χ0n) is 25.8. The Morgan fingerprint density at radius 2 is 1.81 bits per heavy atom. The van der Waals surface area contributed by atoms with Crippen LogP contribution in [0.2, 0.25) is 0 Å². The van der Waals surface area contributed by atoms with Crippen molar-refractivity contribution in [3.05, 3.63) is 51.1 Å². The van der Waals surface area contributed by atoms with Crippen LogP contribution in [0.15, 0.2) is 23.0 Å². The Morgan fingerprint density at radius 1 is 1.12 bits per heavy atom. The molecule has 2 amide bonds. The lowest BCUT2D eigenvalue weighted by molar-refractivity contribution is 0.0240. The van der Waals surface area contributed by atoms with Crippen molar-refractivity contribution in [1.82, 2.24) is 24.8 Å². The number of rotatable bonds is 8. The SMILES string of the molecule is COCC(C)n1c(C)c(C(=O)NCc2c(OC)cc(C)[nH]c2=O)c2ccc(N3CCN(C(=O)OC(C)(C)C)CC3)nc21. The van der Waals surface area contributed by atoms with Gasteiger partial charge in [0.15, 0.2) is 0 Å². The summed E-state index contributed by atoms with van der Waals surface area (Å²) in [5, 5.41) is 3.61. The number of aromatic nitrogens is 3. The summed E-state index contributed by atoms with van der Waals surface area (Å²) in [6.07, 6.45) is -0.315. The predicted octanol–water partition coefficient (Wildman–Crippen LogP) is 3.54. The third-order valence-corrected chi connectivity index (χ3v) is 7.29. The summed E-state index contributed by atoms with van der Waals surface area (Å²) in [5.41, 5.74) is 2.07. The molecule has 1 atom stereocenters. The third-order valence-electron chi connectivity index (χ3n) is 7.29. The van der Waals surface area contributed by atoms with Gasteiger partial charge in [-0.1, -0.05) is 0 Å². The van der Waals surface area contributed by atoms with Crippen molar-refractivity contribution in [2.24, 2.45) is 0 Å². The van der Waals surface area contributed by atoms with Crippen molar-refractivity contribution in [2.75, 3.05) is 51.9 Å². The number of aromatic amines is 1. The number of ether oxygens (including phenoxy) is 3. The lowest BCUT2D eigenvalue weighted by atomic mass is 10.1. The second-order valence-corrected chi connectivity index (χ2v) is 11.6. The largest absolute Gasteiger partial charge is 0.496 e. The number of nitrogens with zero attached hydrogens (tertiary/aromatic N) is 4. The van der Waals surface area contributed by atoms with E-state index in [1.165, 1.54) is 7.11 Å². The van der Waals surface area contributed by atoms with Crippen molar-refractivity contribution in [3.63, 3.8) is 0 Å². The molecular formula is C30H42N6O6. The summed E-state index contributed by atoms with van der Waals surface area (Å²) in [7, 11) is 3.13. The molecule has 1 aliphatic heterocycles. The average Bonchev–Trinajstić information content (AvgIpc) is 3.22. The van der Waals surface area contributed by atoms with Gasteiger partial charge in [0, 0.05) is 50.1 Å². The number of nitrogens with one attached hydrogen (secondary N) is 2. The Hall–Kier alpha value is -4.06. The van der Waals surface area contributed by atoms with Crippen LogP contribution in [-0.4, -0.2) is 84.0 Å². The highest BCUT2D eigenvalue weighted by Crippen LogP contribution is 2.31. The Balaban J connectivity index is 1.62. The van der Waals surface area contributed by atoms with Gasteiger partial charge in [-0.3, -0.25) is 9.59 Å². The first kappa shape index (κ1) is 30.9. The molecule has 2 N–H and O–H groups in total. The molecule has 1 saturated heterocycles. The van der Waals surface area contributed by atoms with Crippen LogP contribution in [0.3, 0.4) is 0 Å². The molecule has 1 aliphatic rings. The second-order valence-electron chi connectivity index (χ2n) is 11.6. The Labute approximate surface area is 245 Å². The molecule has 0 radical (unpaired) electrons. The van der Waals surface area contributed by atoms with E-state index in [2.05, 4.69) is 15.2 Å². The smallest absolute Gasteiger partial charge is 0.410 e. The van der Waals surface area contributed by atoms with Gasteiger partial charge in [-0.2, -0.15) is 0 Å². The van der Waals surface area contributed by atoms with E-state index in [9.17, 15) is 14.4 Å². The standard InChI is InChI=1S/C30H42N6O6/c1-18-15-23(41-8)22(27(37)32-18)16-31-28(38)25-20(3)36(19(2)17-40-7)26-21(25)9-10-24(33-26)34-11-13-35(14-12-34)29(39)42-30(4,5)6/h9-10,15,19H,11-14,16-17H2,1-8H3,(H,31,38)(H,32,37). The minimum absolute atomic E-state index is 0.00476. The number of carbonyl (C=O) groups excluding carboxylic acids is 2. The van der Waals surface area contributed by atoms with Crippen LogP contribution in [0.25, 0.3) is 11.0 Å². The molecule has 0 saturated carbocycles. The van der Waals surface area contributed by atoms with Gasteiger partial charge < -0.3 is 38.9 Å². The third kappa shape index (κ3) is 6.53. The number of hydrogen-bond acceptors (Lipinski definition) is 8. The highest BCUT2D eigenvalue weighted by molar-refractivity contribution is 6.08. The van der Waals surface area contributed by atoms with E-state index in [0.717, 1.165) is 11.5 Å². The fourth-order valence-corrected chi connectivity index (χ4v) is 5.35. The van der Waals surface area contributed by atoms with Crippen LogP contribution >= 0.6 is 0 Å². The van der Waals surface area contributed by atoms with Crippen molar-refractivity contribution < 1.29 is 23.8 Å². The van der Waals surface area contributed by atoms with Crippen LogP contribution in [0, 0.1) is 13.8 Å². The number of piperazine rings is 1. The van der Waals surface area contributed by atoms with E-state index in [4.69, 9.17) is 19.2 Å². The molecule has 0 aliphatic carbocycles. The van der Waals surface area contributed by atoms with Gasteiger partial charge in [-0.05, 0) is 59.7 Å². The highest BCUT2D eigenvalue weighted by Gasteiger charge is 2.28. The Kier molecular flexibility index (Phi) is 9.15. The summed E-state index contributed by atoms with van der Waals surface area (Å²) in [6.45, 7) is 13.9. The van der Waals surface area contributed by atoms with E-state index in [0.29, 0.717) is 66.4 Å². The van der Waals surface area contributed by atoms with Crippen LogP contribution in [0.5, 0.6) is 5.75 Å². The molecule has 1 fully saturated rings. The van der Waals surface area contributed by atoms with Gasteiger partial charge in [0.2, 0.25) is 0 Å². The average molecular weight is 583 g/mol. The van der Waals surface area contributed by atoms with Gasteiger partial charge in [0.1, 0.15) is 22.8 Å². The summed E-state index contributed by atoms with van der Waals surface area (Å²) in [4.78, 5) is 50.3. The Bertz CT molecular complexity index is 1510. The number of methoxy groups -OCH3 is 2. The van der Waals surface area contributed by atoms with E-state index in [-0.39, 0.29) is 30.1 Å². The van der Waals surface area contributed by atoms with E-state index >= 15 is 0 Å². The number of H-pyrrole nitrogens is 1. The monoisotopic (exact) mass is 582 g/mol. The van der Waals surface area contributed by atoms with Crippen LogP contribution in [0.1, 0.15) is 61.0 Å². The molecule has 0 bridgehead atoms.